The van der Waals surface area contributed by atoms with E-state index >= 15 is 0 Å². The van der Waals surface area contributed by atoms with Crippen LogP contribution >= 0.6 is 0 Å². The van der Waals surface area contributed by atoms with Gasteiger partial charge in [-0.05, 0) is 76.1 Å². The summed E-state index contributed by atoms with van der Waals surface area (Å²) in [6.45, 7) is 6.05. The molecule has 4 aromatic rings. The average Bonchev–Trinajstić information content (AvgIpc) is 2.99. The number of carbonyl (C=O) groups excluding carboxylic acids is 2. The second kappa shape index (κ2) is 14.4. The van der Waals surface area contributed by atoms with Crippen LogP contribution in [-0.2, 0) is 26.7 Å². The van der Waals surface area contributed by atoms with Crippen LogP contribution in [0.2, 0.25) is 0 Å². The maximum atomic E-state index is 13.7. The second-order valence-electron chi connectivity index (χ2n) is 12.0. The number of anilines is 1. The van der Waals surface area contributed by atoms with Gasteiger partial charge in [-0.15, -0.1) is 13.2 Å². The lowest BCUT2D eigenvalue weighted by atomic mass is 9.84. The highest BCUT2D eigenvalue weighted by atomic mass is 32.2. The van der Waals surface area contributed by atoms with Gasteiger partial charge in [0.2, 0.25) is 5.91 Å². The molecule has 0 aromatic heterocycles. The number of ether oxygens (including phenoxy) is 1. The molecule has 47 heavy (non-hydrogen) atoms. The molecule has 0 aliphatic carbocycles. The zero-order valence-corrected chi connectivity index (χ0v) is 26.8. The van der Waals surface area contributed by atoms with Crippen molar-refractivity contribution in [3.05, 3.63) is 119 Å². The lowest BCUT2D eigenvalue weighted by Crippen LogP contribution is -2.28. The van der Waals surface area contributed by atoms with Crippen molar-refractivity contribution in [3.8, 4) is 16.9 Å². The van der Waals surface area contributed by atoms with Gasteiger partial charge in [0, 0.05) is 17.8 Å². The molecular weight excluding hydrogens is 633 g/mol. The second-order valence-corrected chi connectivity index (χ2v) is 13.6. The van der Waals surface area contributed by atoms with E-state index in [1.54, 1.807) is 48.5 Å². The van der Waals surface area contributed by atoms with Crippen molar-refractivity contribution in [2.24, 2.45) is 0 Å². The Morgan fingerprint density at radius 2 is 1.36 bits per heavy atom. The van der Waals surface area contributed by atoms with Gasteiger partial charge >= 0.3 is 6.36 Å². The van der Waals surface area contributed by atoms with E-state index in [0.717, 1.165) is 22.3 Å². The molecule has 2 amide bonds. The number of hydrogen-bond acceptors (Lipinski definition) is 5. The van der Waals surface area contributed by atoms with Crippen LogP contribution in [0.25, 0.3) is 11.1 Å². The van der Waals surface area contributed by atoms with Crippen molar-refractivity contribution in [2.45, 2.75) is 44.9 Å². The number of rotatable bonds is 11. The van der Waals surface area contributed by atoms with Gasteiger partial charge in [-0.25, -0.2) is 0 Å². The summed E-state index contributed by atoms with van der Waals surface area (Å²) < 4.78 is 72.1. The third-order valence-corrected chi connectivity index (χ3v) is 8.09. The predicted octanol–water partition coefficient (Wildman–Crippen LogP) is 7.13. The Kier molecular flexibility index (Phi) is 10.8. The molecule has 0 fully saturated rings. The molecule has 0 aliphatic heterocycles. The summed E-state index contributed by atoms with van der Waals surface area (Å²) in [6, 6.07) is 26.9. The summed E-state index contributed by atoms with van der Waals surface area (Å²) in [5.41, 5.74) is 4.84. The van der Waals surface area contributed by atoms with Gasteiger partial charge < -0.3 is 15.4 Å². The summed E-state index contributed by atoms with van der Waals surface area (Å²) >= 11 is 0. The quantitative estimate of drug-likeness (QED) is 0.146. The smallest absolute Gasteiger partial charge is 0.406 e. The first-order valence-corrected chi connectivity index (χ1v) is 16.3. The SMILES string of the molecule is CC(C)(C)c1ccc(C(Cc2ccc(C(=O)NCCS(=O)(=O)O)cc2)C(=O)Nc2ccc(-c3ccc(OC(F)(F)F)cc3)cc2)cc1. The summed E-state index contributed by atoms with van der Waals surface area (Å²) in [6.07, 6.45) is -4.46. The van der Waals surface area contributed by atoms with E-state index in [0.29, 0.717) is 23.2 Å². The third kappa shape index (κ3) is 10.7. The Morgan fingerprint density at radius 1 is 0.809 bits per heavy atom. The zero-order chi connectivity index (χ0) is 34.4. The Labute approximate surface area is 271 Å². The molecule has 3 N–H and O–H groups in total. The molecule has 0 bridgehead atoms. The number of hydrogen-bond donors (Lipinski definition) is 3. The van der Waals surface area contributed by atoms with Crippen molar-refractivity contribution in [1.82, 2.24) is 5.32 Å². The van der Waals surface area contributed by atoms with Gasteiger partial charge in [0.05, 0.1) is 11.7 Å². The summed E-state index contributed by atoms with van der Waals surface area (Å²) in [5.74, 6) is -2.28. The monoisotopic (exact) mass is 668 g/mol. The van der Waals surface area contributed by atoms with Gasteiger partial charge in [-0.1, -0.05) is 81.4 Å². The summed E-state index contributed by atoms with van der Waals surface area (Å²) in [5, 5.41) is 5.41. The largest absolute Gasteiger partial charge is 0.573 e. The first-order valence-electron chi connectivity index (χ1n) is 14.7. The number of benzene rings is 4. The van der Waals surface area contributed by atoms with Crippen LogP contribution in [0, 0.1) is 0 Å². The van der Waals surface area contributed by atoms with Crippen molar-refractivity contribution in [3.63, 3.8) is 0 Å². The highest BCUT2D eigenvalue weighted by Gasteiger charge is 2.31. The van der Waals surface area contributed by atoms with E-state index in [4.69, 9.17) is 4.55 Å². The van der Waals surface area contributed by atoms with Crippen molar-refractivity contribution in [1.29, 1.82) is 0 Å². The molecule has 4 aromatic carbocycles. The van der Waals surface area contributed by atoms with E-state index < -0.39 is 34.1 Å². The average molecular weight is 669 g/mol. The van der Waals surface area contributed by atoms with E-state index in [9.17, 15) is 31.2 Å². The number of carbonyl (C=O) groups is 2. The van der Waals surface area contributed by atoms with Gasteiger partial charge in [0.1, 0.15) is 5.75 Å². The molecule has 1 atom stereocenters. The highest BCUT2D eigenvalue weighted by molar-refractivity contribution is 7.85. The van der Waals surface area contributed by atoms with E-state index in [-0.39, 0.29) is 23.6 Å². The maximum Gasteiger partial charge on any atom is 0.573 e. The molecule has 0 spiro atoms. The molecule has 0 saturated carbocycles. The molecule has 0 aliphatic rings. The minimum absolute atomic E-state index is 0.0819. The molecule has 1 unspecified atom stereocenters. The Bertz CT molecular complexity index is 1780. The van der Waals surface area contributed by atoms with Crippen LogP contribution in [0.15, 0.2) is 97.1 Å². The summed E-state index contributed by atoms with van der Waals surface area (Å²) in [7, 11) is -4.20. The third-order valence-electron chi connectivity index (χ3n) is 7.37. The van der Waals surface area contributed by atoms with Crippen molar-refractivity contribution < 1.29 is 40.5 Å². The van der Waals surface area contributed by atoms with Crippen LogP contribution in [-0.4, -0.2) is 43.4 Å². The fraction of sp³-hybridized carbons (Fsp3) is 0.257. The first-order chi connectivity index (χ1) is 22.0. The van der Waals surface area contributed by atoms with Gasteiger partial charge in [0.25, 0.3) is 16.0 Å². The Morgan fingerprint density at radius 3 is 1.87 bits per heavy atom. The van der Waals surface area contributed by atoms with Crippen LogP contribution in [0.4, 0.5) is 18.9 Å². The molecule has 248 valence electrons. The number of amides is 2. The standard InChI is InChI=1S/C35H35F3N2O6S/c1-34(2,3)28-14-8-26(9-15-28)31(22-23-4-6-27(7-5-23)32(41)39-20-21-47(43,44)45)33(42)40-29-16-10-24(11-17-29)25-12-18-30(19-13-25)46-35(36,37)38/h4-19,31H,20-22H2,1-3H3,(H,39,41)(H,40,42)(H,43,44,45). The van der Waals surface area contributed by atoms with Crippen LogP contribution in [0.5, 0.6) is 5.75 Å². The molecule has 8 nitrogen and oxygen atoms in total. The number of halogens is 3. The van der Waals surface area contributed by atoms with Crippen LogP contribution in [0.1, 0.15) is 53.7 Å². The molecular formula is C35H35F3N2O6S. The minimum atomic E-state index is -4.77. The zero-order valence-electron chi connectivity index (χ0n) is 26.0. The topological polar surface area (TPSA) is 122 Å². The van der Waals surface area contributed by atoms with Crippen LogP contribution in [0.3, 0.4) is 0 Å². The molecule has 0 saturated heterocycles. The normalized spacial score (nSPS) is 12.7. The van der Waals surface area contributed by atoms with Gasteiger partial charge in [-0.3, -0.25) is 14.1 Å². The fourth-order valence-electron chi connectivity index (χ4n) is 4.83. The van der Waals surface area contributed by atoms with Gasteiger partial charge in [0.15, 0.2) is 0 Å². The Hall–Kier alpha value is -4.68. The molecule has 4 rings (SSSR count). The van der Waals surface area contributed by atoms with E-state index in [1.165, 1.54) is 24.3 Å². The predicted molar refractivity (Wildman–Crippen MR) is 174 cm³/mol. The fourth-order valence-corrected chi connectivity index (χ4v) is 5.19. The Balaban J connectivity index is 1.50. The van der Waals surface area contributed by atoms with E-state index in [1.807, 2.05) is 24.3 Å². The van der Waals surface area contributed by atoms with E-state index in [2.05, 4.69) is 36.1 Å². The van der Waals surface area contributed by atoms with Crippen molar-refractivity contribution in [2.75, 3.05) is 17.6 Å². The van der Waals surface area contributed by atoms with Gasteiger partial charge in [-0.2, -0.15) is 8.42 Å². The molecule has 0 heterocycles. The lowest BCUT2D eigenvalue weighted by Gasteiger charge is -2.22. The minimum Gasteiger partial charge on any atom is -0.406 e. The number of alkyl halides is 3. The number of nitrogens with one attached hydrogen (secondary N) is 2. The highest BCUT2D eigenvalue weighted by Crippen LogP contribution is 2.30. The molecule has 12 heteroatoms. The lowest BCUT2D eigenvalue weighted by molar-refractivity contribution is -0.274. The molecule has 0 radical (unpaired) electrons. The summed E-state index contributed by atoms with van der Waals surface area (Å²) in [4.78, 5) is 26.1. The maximum absolute atomic E-state index is 13.7. The van der Waals surface area contributed by atoms with Crippen LogP contribution < -0.4 is 15.4 Å². The first kappa shape index (κ1) is 35.2. The van der Waals surface area contributed by atoms with Crippen molar-refractivity contribution >= 4 is 27.6 Å².